The molecule has 0 amide bonds. The molecule has 1 heterocycles. The first kappa shape index (κ1) is 6.65. The van der Waals surface area contributed by atoms with Crippen molar-refractivity contribution < 1.29 is 0 Å². The third-order valence-corrected chi connectivity index (χ3v) is 2.10. The number of rotatable bonds is 1. The molecule has 2 N–H and O–H groups in total. The fourth-order valence-electron chi connectivity index (χ4n) is 1.32. The third-order valence-electron chi connectivity index (χ3n) is 2.10. The Morgan fingerprint density at radius 3 is 2.91 bits per heavy atom. The summed E-state index contributed by atoms with van der Waals surface area (Å²) in [5.41, 5.74) is 8.18. The summed E-state index contributed by atoms with van der Waals surface area (Å²) < 4.78 is 0. The fourth-order valence-corrected chi connectivity index (χ4v) is 1.32. The highest BCUT2D eigenvalue weighted by Crippen LogP contribution is 2.42. The average Bonchev–Trinajstić information content (AvgIpc) is 2.76. The van der Waals surface area contributed by atoms with E-state index in [-0.39, 0.29) is 0 Å². The molecule has 2 heteroatoms. The van der Waals surface area contributed by atoms with Crippen LogP contribution >= 0.6 is 0 Å². The number of nitrogens with zero attached hydrogens (tertiary/aromatic N) is 1. The maximum atomic E-state index is 5.72. The number of nitrogen functional groups attached to an aromatic ring is 1. The van der Waals surface area contributed by atoms with E-state index in [1.165, 1.54) is 24.0 Å². The van der Waals surface area contributed by atoms with Crippen molar-refractivity contribution in [2.24, 2.45) is 0 Å². The molecule has 1 aliphatic carbocycles. The van der Waals surface area contributed by atoms with Crippen LogP contribution in [0.4, 0.5) is 5.82 Å². The van der Waals surface area contributed by atoms with Gasteiger partial charge in [-0.3, -0.25) is 0 Å². The lowest BCUT2D eigenvalue weighted by Crippen LogP contribution is -1.96. The summed E-state index contributed by atoms with van der Waals surface area (Å²) in [6.45, 7) is 2.05. The second-order valence-electron chi connectivity index (χ2n) is 3.26. The predicted molar refractivity (Wildman–Crippen MR) is 45.4 cm³/mol. The molecule has 0 radical (unpaired) electrons. The minimum absolute atomic E-state index is 0.711. The molecule has 2 nitrogen and oxygen atoms in total. The maximum Gasteiger partial charge on any atom is 0.126 e. The van der Waals surface area contributed by atoms with E-state index in [4.69, 9.17) is 5.73 Å². The van der Waals surface area contributed by atoms with Crippen LogP contribution < -0.4 is 5.73 Å². The van der Waals surface area contributed by atoms with E-state index >= 15 is 0 Å². The van der Waals surface area contributed by atoms with Crippen LogP contribution in [0, 0.1) is 6.92 Å². The van der Waals surface area contributed by atoms with Crippen molar-refractivity contribution >= 4 is 5.82 Å². The molecule has 0 aliphatic heterocycles. The highest BCUT2D eigenvalue weighted by atomic mass is 14.8. The molecule has 1 aromatic rings. The number of hydrogen-bond acceptors (Lipinski definition) is 2. The summed E-state index contributed by atoms with van der Waals surface area (Å²) in [5.74, 6) is 1.43. The van der Waals surface area contributed by atoms with E-state index in [2.05, 4.69) is 18.0 Å². The van der Waals surface area contributed by atoms with Gasteiger partial charge in [0.15, 0.2) is 0 Å². The highest BCUT2D eigenvalue weighted by molar-refractivity contribution is 5.44. The zero-order valence-electron chi connectivity index (χ0n) is 6.67. The van der Waals surface area contributed by atoms with Crippen LogP contribution in [0.2, 0.25) is 0 Å². The van der Waals surface area contributed by atoms with Gasteiger partial charge in [-0.1, -0.05) is 6.07 Å². The summed E-state index contributed by atoms with van der Waals surface area (Å²) >= 11 is 0. The van der Waals surface area contributed by atoms with Crippen molar-refractivity contribution in [3.63, 3.8) is 0 Å². The molecule has 1 saturated carbocycles. The molecule has 0 aromatic carbocycles. The van der Waals surface area contributed by atoms with E-state index < -0.39 is 0 Å². The van der Waals surface area contributed by atoms with Gasteiger partial charge in [-0.15, -0.1) is 0 Å². The van der Waals surface area contributed by atoms with Gasteiger partial charge in [-0.2, -0.15) is 0 Å². The second kappa shape index (κ2) is 2.22. The van der Waals surface area contributed by atoms with Crippen molar-refractivity contribution in [3.8, 4) is 0 Å². The Bertz CT molecular complexity index is 277. The topological polar surface area (TPSA) is 38.9 Å². The van der Waals surface area contributed by atoms with Gasteiger partial charge in [0.1, 0.15) is 5.82 Å². The lowest BCUT2D eigenvalue weighted by Gasteiger charge is -2.02. The maximum absolute atomic E-state index is 5.72. The van der Waals surface area contributed by atoms with Gasteiger partial charge >= 0.3 is 0 Å². The van der Waals surface area contributed by atoms with Crippen LogP contribution in [0.3, 0.4) is 0 Å². The number of aryl methyl sites for hydroxylation is 1. The SMILES string of the molecule is Cc1cnc(N)c(C2CC2)c1. The Labute approximate surface area is 66.4 Å². The normalized spacial score (nSPS) is 16.8. The summed E-state index contributed by atoms with van der Waals surface area (Å²) in [5, 5.41) is 0. The predicted octanol–water partition coefficient (Wildman–Crippen LogP) is 1.85. The van der Waals surface area contributed by atoms with E-state index in [9.17, 15) is 0 Å². The monoisotopic (exact) mass is 148 g/mol. The standard InChI is InChI=1S/C9H12N2/c1-6-4-8(7-2-3-7)9(10)11-5-6/h4-5,7H,2-3H2,1H3,(H2,10,11). The number of pyridine rings is 1. The Morgan fingerprint density at radius 2 is 2.27 bits per heavy atom. The fraction of sp³-hybridized carbons (Fsp3) is 0.444. The van der Waals surface area contributed by atoms with Gasteiger partial charge in [0, 0.05) is 6.20 Å². The van der Waals surface area contributed by atoms with E-state index in [1.54, 1.807) is 0 Å². The van der Waals surface area contributed by atoms with E-state index in [1.807, 2.05) is 6.20 Å². The number of nitrogens with two attached hydrogens (primary N) is 1. The zero-order valence-corrected chi connectivity index (χ0v) is 6.67. The summed E-state index contributed by atoms with van der Waals surface area (Å²) in [7, 11) is 0. The van der Waals surface area contributed by atoms with Crippen LogP contribution in [0.1, 0.15) is 29.9 Å². The van der Waals surface area contributed by atoms with Crippen LogP contribution in [-0.4, -0.2) is 4.98 Å². The van der Waals surface area contributed by atoms with Crippen LogP contribution in [0.25, 0.3) is 0 Å². The van der Waals surface area contributed by atoms with E-state index in [0.29, 0.717) is 5.92 Å². The van der Waals surface area contributed by atoms with E-state index in [0.717, 1.165) is 5.82 Å². The minimum Gasteiger partial charge on any atom is -0.383 e. The Kier molecular flexibility index (Phi) is 1.34. The number of hydrogen-bond donors (Lipinski definition) is 1. The summed E-state index contributed by atoms with van der Waals surface area (Å²) in [6, 6.07) is 2.15. The van der Waals surface area contributed by atoms with Gasteiger partial charge in [0.05, 0.1) is 0 Å². The molecule has 0 spiro atoms. The second-order valence-corrected chi connectivity index (χ2v) is 3.26. The van der Waals surface area contributed by atoms with Crippen molar-refractivity contribution in [1.82, 2.24) is 4.98 Å². The lowest BCUT2D eigenvalue weighted by molar-refractivity contribution is 1.09. The Balaban J connectivity index is 2.42. The van der Waals surface area contributed by atoms with Crippen molar-refractivity contribution in [1.29, 1.82) is 0 Å². The molecule has 11 heavy (non-hydrogen) atoms. The van der Waals surface area contributed by atoms with Crippen molar-refractivity contribution in [2.75, 3.05) is 5.73 Å². The molecular weight excluding hydrogens is 136 g/mol. The van der Waals surface area contributed by atoms with Gasteiger partial charge in [0.2, 0.25) is 0 Å². The smallest absolute Gasteiger partial charge is 0.126 e. The average molecular weight is 148 g/mol. The molecule has 0 atom stereocenters. The lowest BCUT2D eigenvalue weighted by atomic mass is 10.1. The molecule has 1 fully saturated rings. The zero-order chi connectivity index (χ0) is 7.84. The Hall–Kier alpha value is -1.05. The minimum atomic E-state index is 0.711. The van der Waals surface area contributed by atoms with Crippen LogP contribution in [0.5, 0.6) is 0 Å². The molecule has 1 aromatic heterocycles. The summed E-state index contributed by atoms with van der Waals surface area (Å²) in [4.78, 5) is 4.12. The van der Waals surface area contributed by atoms with Gasteiger partial charge in [-0.05, 0) is 36.8 Å². The molecule has 0 bridgehead atoms. The quantitative estimate of drug-likeness (QED) is 0.660. The van der Waals surface area contributed by atoms with Gasteiger partial charge in [0.25, 0.3) is 0 Å². The first-order valence-electron chi connectivity index (χ1n) is 3.99. The number of anilines is 1. The van der Waals surface area contributed by atoms with Crippen molar-refractivity contribution in [3.05, 3.63) is 23.4 Å². The largest absolute Gasteiger partial charge is 0.383 e. The molecule has 0 saturated heterocycles. The third kappa shape index (κ3) is 1.20. The Morgan fingerprint density at radius 1 is 1.55 bits per heavy atom. The first-order valence-corrected chi connectivity index (χ1v) is 3.99. The first-order chi connectivity index (χ1) is 5.27. The summed E-state index contributed by atoms with van der Waals surface area (Å²) in [6.07, 6.45) is 4.39. The van der Waals surface area contributed by atoms with Crippen molar-refractivity contribution in [2.45, 2.75) is 25.7 Å². The van der Waals surface area contributed by atoms with Crippen LogP contribution in [-0.2, 0) is 0 Å². The van der Waals surface area contributed by atoms with Gasteiger partial charge < -0.3 is 5.73 Å². The molecule has 0 unspecified atom stereocenters. The molecule has 1 aliphatic rings. The molecule has 58 valence electrons. The van der Waals surface area contributed by atoms with Gasteiger partial charge in [-0.25, -0.2) is 4.98 Å². The molecular formula is C9H12N2. The molecule has 2 rings (SSSR count). The van der Waals surface area contributed by atoms with Crippen LogP contribution in [0.15, 0.2) is 12.3 Å². The highest BCUT2D eigenvalue weighted by Gasteiger charge is 2.25. The number of aromatic nitrogens is 1.